The van der Waals surface area contributed by atoms with Crippen LogP contribution in [0.3, 0.4) is 0 Å². The van der Waals surface area contributed by atoms with Crippen LogP contribution >= 0.6 is 15.9 Å². The van der Waals surface area contributed by atoms with E-state index in [1.165, 1.54) is 19.4 Å². The lowest BCUT2D eigenvalue weighted by Gasteiger charge is -2.32. The van der Waals surface area contributed by atoms with Crippen molar-refractivity contribution in [3.05, 3.63) is 0 Å². The van der Waals surface area contributed by atoms with E-state index in [4.69, 9.17) is 0 Å². The van der Waals surface area contributed by atoms with Crippen LogP contribution in [0.5, 0.6) is 0 Å². The number of alkyl halides is 1. The Labute approximate surface area is 120 Å². The second-order valence-corrected chi connectivity index (χ2v) is 5.98. The summed E-state index contributed by atoms with van der Waals surface area (Å²) in [5, 5.41) is 4.17. The molecule has 0 atom stereocenters. The highest BCUT2D eigenvalue weighted by atomic mass is 79.9. The summed E-state index contributed by atoms with van der Waals surface area (Å²) in [5.41, 5.74) is 0. The van der Waals surface area contributed by atoms with E-state index in [0.717, 1.165) is 44.1 Å². The van der Waals surface area contributed by atoms with E-state index in [9.17, 15) is 4.79 Å². The fourth-order valence-electron chi connectivity index (χ4n) is 2.36. The van der Waals surface area contributed by atoms with Gasteiger partial charge in [0.05, 0.1) is 0 Å². The highest BCUT2D eigenvalue weighted by molar-refractivity contribution is 9.09. The molecular formula is C14H27BrN2O. The van der Waals surface area contributed by atoms with E-state index < -0.39 is 0 Å². The average Bonchev–Trinajstić information content (AvgIpc) is 2.38. The molecule has 0 radical (unpaired) electrons. The second-order valence-electron chi connectivity index (χ2n) is 5.18. The molecule has 1 aliphatic heterocycles. The van der Waals surface area contributed by atoms with Gasteiger partial charge < -0.3 is 10.2 Å². The SMILES string of the molecule is CCCCN1CCC(NC(=O)CCCCBr)CC1. The number of hydrogen-bond donors (Lipinski definition) is 1. The van der Waals surface area contributed by atoms with Gasteiger partial charge in [-0.05, 0) is 38.6 Å². The highest BCUT2D eigenvalue weighted by Gasteiger charge is 2.19. The Bertz CT molecular complexity index is 228. The minimum absolute atomic E-state index is 0.239. The highest BCUT2D eigenvalue weighted by Crippen LogP contribution is 2.11. The minimum Gasteiger partial charge on any atom is -0.353 e. The molecule has 1 heterocycles. The number of nitrogens with one attached hydrogen (secondary N) is 1. The fraction of sp³-hybridized carbons (Fsp3) is 0.929. The summed E-state index contributed by atoms with van der Waals surface area (Å²) in [5.74, 6) is 0.239. The fourth-order valence-corrected chi connectivity index (χ4v) is 2.76. The number of likely N-dealkylation sites (tertiary alicyclic amines) is 1. The molecule has 1 amide bonds. The first-order valence-electron chi connectivity index (χ1n) is 7.34. The van der Waals surface area contributed by atoms with Gasteiger partial charge in [0, 0.05) is 30.9 Å². The zero-order valence-corrected chi connectivity index (χ0v) is 13.2. The first-order valence-corrected chi connectivity index (χ1v) is 8.46. The molecular weight excluding hydrogens is 292 g/mol. The predicted octanol–water partition coefficient (Wildman–Crippen LogP) is 2.93. The van der Waals surface area contributed by atoms with E-state index in [-0.39, 0.29) is 5.91 Å². The van der Waals surface area contributed by atoms with Crippen LogP contribution in [0.1, 0.15) is 51.9 Å². The Kier molecular flexibility index (Phi) is 8.68. The lowest BCUT2D eigenvalue weighted by Crippen LogP contribution is -2.44. The topological polar surface area (TPSA) is 32.3 Å². The number of amides is 1. The van der Waals surface area contributed by atoms with Gasteiger partial charge in [-0.1, -0.05) is 29.3 Å². The Morgan fingerprint density at radius 3 is 2.61 bits per heavy atom. The van der Waals surface area contributed by atoms with Gasteiger partial charge in [-0.15, -0.1) is 0 Å². The van der Waals surface area contributed by atoms with E-state index in [1.54, 1.807) is 0 Å². The minimum atomic E-state index is 0.239. The van der Waals surface area contributed by atoms with Gasteiger partial charge in [-0.25, -0.2) is 0 Å². The molecule has 18 heavy (non-hydrogen) atoms. The monoisotopic (exact) mass is 318 g/mol. The van der Waals surface area contributed by atoms with Crippen molar-refractivity contribution >= 4 is 21.8 Å². The van der Waals surface area contributed by atoms with Crippen molar-refractivity contribution in [2.24, 2.45) is 0 Å². The van der Waals surface area contributed by atoms with E-state index in [2.05, 4.69) is 33.1 Å². The van der Waals surface area contributed by atoms with Gasteiger partial charge in [-0.3, -0.25) is 4.79 Å². The summed E-state index contributed by atoms with van der Waals surface area (Å²) in [6, 6.07) is 0.416. The largest absolute Gasteiger partial charge is 0.353 e. The number of halogens is 1. The van der Waals surface area contributed by atoms with Gasteiger partial charge in [0.2, 0.25) is 5.91 Å². The number of nitrogens with zero attached hydrogens (tertiary/aromatic N) is 1. The normalized spacial score (nSPS) is 17.9. The van der Waals surface area contributed by atoms with E-state index >= 15 is 0 Å². The van der Waals surface area contributed by atoms with Crippen molar-refractivity contribution in [3.63, 3.8) is 0 Å². The van der Waals surface area contributed by atoms with Gasteiger partial charge in [0.25, 0.3) is 0 Å². The van der Waals surface area contributed by atoms with Crippen LogP contribution in [-0.4, -0.2) is 41.8 Å². The van der Waals surface area contributed by atoms with Crippen molar-refractivity contribution < 1.29 is 4.79 Å². The van der Waals surface area contributed by atoms with Crippen LogP contribution in [0.4, 0.5) is 0 Å². The van der Waals surface area contributed by atoms with Crippen LogP contribution < -0.4 is 5.32 Å². The van der Waals surface area contributed by atoms with Crippen molar-refractivity contribution in [1.29, 1.82) is 0 Å². The molecule has 1 fully saturated rings. The van der Waals surface area contributed by atoms with Crippen LogP contribution in [0.15, 0.2) is 0 Å². The average molecular weight is 319 g/mol. The van der Waals surface area contributed by atoms with Crippen molar-refractivity contribution in [2.75, 3.05) is 25.0 Å². The first kappa shape index (κ1) is 16.0. The van der Waals surface area contributed by atoms with Gasteiger partial charge >= 0.3 is 0 Å². The summed E-state index contributed by atoms with van der Waals surface area (Å²) >= 11 is 3.39. The number of rotatable bonds is 8. The molecule has 1 rings (SSSR count). The molecule has 0 aromatic heterocycles. The molecule has 0 bridgehead atoms. The number of carbonyl (C=O) groups is 1. The summed E-state index contributed by atoms with van der Waals surface area (Å²) in [6.45, 7) is 5.75. The maximum Gasteiger partial charge on any atom is 0.220 e. The predicted molar refractivity (Wildman–Crippen MR) is 80.2 cm³/mol. The third kappa shape index (κ3) is 6.74. The third-order valence-electron chi connectivity index (χ3n) is 3.57. The van der Waals surface area contributed by atoms with Crippen LogP contribution in [0, 0.1) is 0 Å². The van der Waals surface area contributed by atoms with Crippen LogP contribution in [0.2, 0.25) is 0 Å². The molecule has 0 aliphatic carbocycles. The van der Waals surface area contributed by atoms with E-state index in [1.807, 2.05) is 0 Å². The quantitative estimate of drug-likeness (QED) is 0.551. The van der Waals surface area contributed by atoms with Gasteiger partial charge in [0.15, 0.2) is 0 Å². The molecule has 1 saturated heterocycles. The summed E-state index contributed by atoms with van der Waals surface area (Å²) < 4.78 is 0. The Balaban J connectivity index is 2.09. The maximum absolute atomic E-state index is 11.7. The number of hydrogen-bond acceptors (Lipinski definition) is 2. The van der Waals surface area contributed by atoms with E-state index in [0.29, 0.717) is 12.5 Å². The van der Waals surface area contributed by atoms with Gasteiger partial charge in [-0.2, -0.15) is 0 Å². The van der Waals surface area contributed by atoms with Crippen molar-refractivity contribution in [1.82, 2.24) is 10.2 Å². The molecule has 0 aromatic rings. The van der Waals surface area contributed by atoms with Crippen LogP contribution in [0.25, 0.3) is 0 Å². The molecule has 1 N–H and O–H groups in total. The number of unbranched alkanes of at least 4 members (excludes halogenated alkanes) is 2. The van der Waals surface area contributed by atoms with Crippen molar-refractivity contribution in [3.8, 4) is 0 Å². The zero-order valence-electron chi connectivity index (χ0n) is 11.6. The third-order valence-corrected chi connectivity index (χ3v) is 4.13. The number of piperidine rings is 1. The summed E-state index contributed by atoms with van der Waals surface area (Å²) in [6.07, 6.45) is 7.56. The van der Waals surface area contributed by atoms with Gasteiger partial charge in [0.1, 0.15) is 0 Å². The molecule has 0 spiro atoms. The zero-order chi connectivity index (χ0) is 13.2. The second kappa shape index (κ2) is 9.79. The Morgan fingerprint density at radius 2 is 2.00 bits per heavy atom. The smallest absolute Gasteiger partial charge is 0.220 e. The summed E-state index contributed by atoms with van der Waals surface area (Å²) in [4.78, 5) is 14.2. The molecule has 4 heteroatoms. The molecule has 3 nitrogen and oxygen atoms in total. The Morgan fingerprint density at radius 1 is 1.28 bits per heavy atom. The molecule has 1 aliphatic rings. The number of carbonyl (C=O) groups excluding carboxylic acids is 1. The molecule has 106 valence electrons. The van der Waals surface area contributed by atoms with Crippen LogP contribution in [-0.2, 0) is 4.79 Å². The Hall–Kier alpha value is -0.0900. The molecule has 0 aromatic carbocycles. The van der Waals surface area contributed by atoms with Crippen molar-refractivity contribution in [2.45, 2.75) is 57.9 Å². The standard InChI is InChI=1S/C14H27BrN2O/c1-2-3-10-17-11-7-13(8-12-17)16-14(18)6-4-5-9-15/h13H,2-12H2,1H3,(H,16,18). The first-order chi connectivity index (χ1) is 8.76. The molecule has 0 saturated carbocycles. The maximum atomic E-state index is 11.7. The summed E-state index contributed by atoms with van der Waals surface area (Å²) in [7, 11) is 0. The molecule has 0 unspecified atom stereocenters. The lowest BCUT2D eigenvalue weighted by atomic mass is 10.0. The lowest BCUT2D eigenvalue weighted by molar-refractivity contribution is -0.122.